The molecule has 20 heavy (non-hydrogen) atoms. The molecule has 0 unspecified atom stereocenters. The van der Waals surface area contributed by atoms with Gasteiger partial charge in [0.1, 0.15) is 5.75 Å². The lowest BCUT2D eigenvalue weighted by atomic mass is 10.2. The summed E-state index contributed by atoms with van der Waals surface area (Å²) in [6, 6.07) is 11.5. The van der Waals surface area contributed by atoms with Crippen LogP contribution in [0.4, 0.5) is 10.1 Å². The molecule has 1 amide bonds. The molecule has 0 saturated heterocycles. The van der Waals surface area contributed by atoms with Crippen LogP contribution in [-0.4, -0.2) is 5.91 Å². The Balaban J connectivity index is 2.15. The van der Waals surface area contributed by atoms with E-state index >= 15 is 0 Å². The second kappa shape index (κ2) is 6.02. The van der Waals surface area contributed by atoms with Crippen molar-refractivity contribution < 1.29 is 13.9 Å². The van der Waals surface area contributed by atoms with E-state index in [9.17, 15) is 9.18 Å². The third kappa shape index (κ3) is 3.45. The normalized spacial score (nSPS) is 9.90. The Morgan fingerprint density at radius 2 is 1.95 bits per heavy atom. The molecule has 102 valence electrons. The molecule has 0 aromatic heterocycles. The summed E-state index contributed by atoms with van der Waals surface area (Å²) in [6.45, 7) is 5.29. The number of nitrogens with one attached hydrogen (secondary N) is 1. The van der Waals surface area contributed by atoms with Crippen molar-refractivity contribution in [2.75, 3.05) is 5.32 Å². The summed E-state index contributed by atoms with van der Waals surface area (Å²) in [5.41, 5.74) is 1.45. The van der Waals surface area contributed by atoms with Crippen molar-refractivity contribution >= 4 is 11.6 Å². The molecule has 0 bridgehead atoms. The molecule has 0 saturated carbocycles. The summed E-state index contributed by atoms with van der Waals surface area (Å²) in [5, 5.41) is 2.48. The van der Waals surface area contributed by atoms with Gasteiger partial charge in [-0.25, -0.2) is 4.39 Å². The molecule has 0 radical (unpaired) electrons. The van der Waals surface area contributed by atoms with E-state index in [1.807, 2.05) is 19.1 Å². The number of ether oxygens (including phenoxy) is 1. The lowest BCUT2D eigenvalue weighted by molar-refractivity contribution is -0.111. The van der Waals surface area contributed by atoms with Crippen LogP contribution in [0.3, 0.4) is 0 Å². The number of hydrogen-bond donors (Lipinski definition) is 1. The molecular weight excluding hydrogens is 257 g/mol. The average molecular weight is 271 g/mol. The maximum Gasteiger partial charge on any atom is 0.247 e. The van der Waals surface area contributed by atoms with E-state index < -0.39 is 11.7 Å². The second-order valence-corrected chi connectivity index (χ2v) is 4.25. The molecule has 0 fully saturated rings. The van der Waals surface area contributed by atoms with Gasteiger partial charge in [0.2, 0.25) is 5.91 Å². The topological polar surface area (TPSA) is 38.3 Å². The lowest BCUT2D eigenvalue weighted by Crippen LogP contribution is -2.07. The third-order valence-corrected chi connectivity index (χ3v) is 2.63. The molecule has 4 heteroatoms. The second-order valence-electron chi connectivity index (χ2n) is 4.25. The fourth-order valence-corrected chi connectivity index (χ4v) is 1.59. The van der Waals surface area contributed by atoms with Crippen molar-refractivity contribution in [1.82, 2.24) is 0 Å². The highest BCUT2D eigenvalue weighted by Gasteiger charge is 2.07. The lowest BCUT2D eigenvalue weighted by Gasteiger charge is -2.09. The number of benzene rings is 2. The smallest absolute Gasteiger partial charge is 0.247 e. The highest BCUT2D eigenvalue weighted by atomic mass is 19.1. The molecule has 0 atom stereocenters. The number of aryl methyl sites for hydroxylation is 1. The van der Waals surface area contributed by atoms with E-state index in [1.165, 1.54) is 12.1 Å². The Kier molecular flexibility index (Phi) is 4.15. The molecule has 2 aromatic rings. The zero-order valence-electron chi connectivity index (χ0n) is 11.0. The standard InChI is InChI=1S/C16H14FNO2/c1-3-16(19)18-12-6-9-15(14(17)10-12)20-13-7-4-11(2)5-8-13/h3-10H,1H2,2H3,(H,18,19). The van der Waals surface area contributed by atoms with Crippen molar-refractivity contribution in [3.63, 3.8) is 0 Å². The average Bonchev–Trinajstić information content (AvgIpc) is 2.44. The first kappa shape index (κ1) is 13.8. The minimum absolute atomic E-state index is 0.102. The van der Waals surface area contributed by atoms with E-state index in [0.717, 1.165) is 11.6 Å². The monoisotopic (exact) mass is 271 g/mol. The van der Waals surface area contributed by atoms with Gasteiger partial charge in [0.05, 0.1) is 0 Å². The summed E-state index contributed by atoms with van der Waals surface area (Å²) in [7, 11) is 0. The molecule has 0 spiro atoms. The Bertz CT molecular complexity index is 635. The molecule has 1 N–H and O–H groups in total. The largest absolute Gasteiger partial charge is 0.454 e. The third-order valence-electron chi connectivity index (χ3n) is 2.63. The van der Waals surface area contributed by atoms with Crippen molar-refractivity contribution in [2.24, 2.45) is 0 Å². The van der Waals surface area contributed by atoms with Gasteiger partial charge in [0.15, 0.2) is 11.6 Å². The molecule has 2 aromatic carbocycles. The molecule has 0 aliphatic heterocycles. The molecular formula is C16H14FNO2. The van der Waals surface area contributed by atoms with E-state index in [4.69, 9.17) is 4.74 Å². The molecule has 2 rings (SSSR count). The van der Waals surface area contributed by atoms with Gasteiger partial charge < -0.3 is 10.1 Å². The minimum atomic E-state index is -0.549. The molecule has 0 aliphatic carbocycles. The first-order chi connectivity index (χ1) is 9.58. The van der Waals surface area contributed by atoms with Gasteiger partial charge in [-0.3, -0.25) is 4.79 Å². The van der Waals surface area contributed by atoms with Crippen molar-refractivity contribution in [1.29, 1.82) is 0 Å². The van der Waals surface area contributed by atoms with Gasteiger partial charge in [-0.1, -0.05) is 24.3 Å². The van der Waals surface area contributed by atoms with Crippen LogP contribution in [0.1, 0.15) is 5.56 Å². The first-order valence-corrected chi connectivity index (χ1v) is 6.06. The Labute approximate surface area is 116 Å². The predicted octanol–water partition coefficient (Wildman–Crippen LogP) is 4.05. The molecule has 3 nitrogen and oxygen atoms in total. The van der Waals surface area contributed by atoms with Crippen LogP contribution in [-0.2, 0) is 4.79 Å². The summed E-state index contributed by atoms with van der Waals surface area (Å²) < 4.78 is 19.3. The zero-order chi connectivity index (χ0) is 14.5. The van der Waals surface area contributed by atoms with Gasteiger partial charge in [-0.2, -0.15) is 0 Å². The minimum Gasteiger partial charge on any atom is -0.454 e. The van der Waals surface area contributed by atoms with Crippen LogP contribution < -0.4 is 10.1 Å². The van der Waals surface area contributed by atoms with Crippen LogP contribution in [0.2, 0.25) is 0 Å². The number of carbonyl (C=O) groups excluding carboxylic acids is 1. The molecule has 0 aliphatic rings. The number of amides is 1. The van der Waals surface area contributed by atoms with Crippen LogP contribution in [0.5, 0.6) is 11.5 Å². The fraction of sp³-hybridized carbons (Fsp3) is 0.0625. The summed E-state index contributed by atoms with van der Waals surface area (Å²) in [5.74, 6) is -0.285. The molecule has 0 heterocycles. The predicted molar refractivity (Wildman–Crippen MR) is 76.5 cm³/mol. The zero-order valence-corrected chi connectivity index (χ0v) is 11.0. The first-order valence-electron chi connectivity index (χ1n) is 6.06. The Morgan fingerprint density at radius 3 is 2.55 bits per heavy atom. The fourth-order valence-electron chi connectivity index (χ4n) is 1.59. The van der Waals surface area contributed by atoms with Gasteiger partial charge in [-0.15, -0.1) is 0 Å². The van der Waals surface area contributed by atoms with Gasteiger partial charge in [0.25, 0.3) is 0 Å². The van der Waals surface area contributed by atoms with E-state index in [2.05, 4.69) is 11.9 Å². The summed E-state index contributed by atoms with van der Waals surface area (Å²) in [6.07, 6.45) is 1.12. The number of rotatable bonds is 4. The van der Waals surface area contributed by atoms with Crippen LogP contribution >= 0.6 is 0 Å². The number of anilines is 1. The summed E-state index contributed by atoms with van der Waals surface area (Å²) in [4.78, 5) is 11.1. The van der Waals surface area contributed by atoms with Crippen LogP contribution in [0.15, 0.2) is 55.1 Å². The van der Waals surface area contributed by atoms with Gasteiger partial charge >= 0.3 is 0 Å². The van der Waals surface area contributed by atoms with E-state index in [-0.39, 0.29) is 5.75 Å². The Morgan fingerprint density at radius 1 is 1.25 bits per heavy atom. The Hall–Kier alpha value is -2.62. The van der Waals surface area contributed by atoms with Crippen molar-refractivity contribution in [2.45, 2.75) is 6.92 Å². The van der Waals surface area contributed by atoms with Crippen molar-refractivity contribution in [3.05, 3.63) is 66.5 Å². The van der Waals surface area contributed by atoms with Crippen LogP contribution in [0.25, 0.3) is 0 Å². The quantitative estimate of drug-likeness (QED) is 0.852. The number of hydrogen-bond acceptors (Lipinski definition) is 2. The van der Waals surface area contributed by atoms with Crippen molar-refractivity contribution in [3.8, 4) is 11.5 Å². The SMILES string of the molecule is C=CC(=O)Nc1ccc(Oc2ccc(C)cc2)c(F)c1. The van der Waals surface area contributed by atoms with Gasteiger partial charge in [-0.05, 0) is 37.3 Å². The maximum atomic E-state index is 13.9. The van der Waals surface area contributed by atoms with E-state index in [1.54, 1.807) is 18.2 Å². The number of carbonyl (C=O) groups is 1. The number of halogens is 1. The van der Waals surface area contributed by atoms with Gasteiger partial charge in [0, 0.05) is 11.8 Å². The van der Waals surface area contributed by atoms with E-state index in [0.29, 0.717) is 11.4 Å². The summed E-state index contributed by atoms with van der Waals surface area (Å²) >= 11 is 0. The highest BCUT2D eigenvalue weighted by Crippen LogP contribution is 2.26. The maximum absolute atomic E-state index is 13.9. The highest BCUT2D eigenvalue weighted by molar-refractivity contribution is 5.98. The van der Waals surface area contributed by atoms with Crippen LogP contribution in [0, 0.1) is 12.7 Å².